The quantitative estimate of drug-likeness (QED) is 0.744. The van der Waals surface area contributed by atoms with Crippen molar-refractivity contribution in [3.05, 3.63) is 59.1 Å². The third-order valence-corrected chi connectivity index (χ3v) is 5.01. The van der Waals surface area contributed by atoms with Crippen molar-refractivity contribution in [3.63, 3.8) is 0 Å². The van der Waals surface area contributed by atoms with Crippen molar-refractivity contribution in [3.8, 4) is 0 Å². The predicted octanol–water partition coefficient (Wildman–Crippen LogP) is 2.04. The lowest BCUT2D eigenvalue weighted by Gasteiger charge is -2.09. The molecule has 1 amide bonds. The van der Waals surface area contributed by atoms with E-state index in [2.05, 4.69) is 10.0 Å². The van der Waals surface area contributed by atoms with Crippen LogP contribution >= 0.6 is 11.6 Å². The lowest BCUT2D eigenvalue weighted by atomic mass is 10.2. The lowest BCUT2D eigenvalue weighted by molar-refractivity contribution is -0.119. The highest BCUT2D eigenvalue weighted by Gasteiger charge is 2.19. The number of halogens is 1. The van der Waals surface area contributed by atoms with Gasteiger partial charge in [-0.2, -0.15) is 0 Å². The molecule has 7 nitrogen and oxygen atoms in total. The highest BCUT2D eigenvalue weighted by atomic mass is 35.5. The fourth-order valence-corrected chi connectivity index (χ4v) is 3.13. The Morgan fingerprint density at radius 3 is 2.44 bits per heavy atom. The second-order valence-corrected chi connectivity index (χ2v) is 7.11. The van der Waals surface area contributed by atoms with Gasteiger partial charge >= 0.3 is 5.97 Å². The third-order valence-electron chi connectivity index (χ3n) is 3.12. The average molecular weight is 383 g/mol. The van der Waals surface area contributed by atoms with Crippen molar-refractivity contribution in [2.24, 2.45) is 0 Å². The number of ether oxygens (including phenoxy) is 1. The number of para-hydroxylation sites is 1. The van der Waals surface area contributed by atoms with E-state index in [-0.39, 0.29) is 15.5 Å². The summed E-state index contributed by atoms with van der Waals surface area (Å²) in [6, 6.07) is 12.3. The molecule has 0 spiro atoms. The minimum Gasteiger partial charge on any atom is -0.452 e. The summed E-state index contributed by atoms with van der Waals surface area (Å²) in [4.78, 5) is 23.5. The summed E-state index contributed by atoms with van der Waals surface area (Å²) < 4.78 is 30.7. The van der Waals surface area contributed by atoms with E-state index in [0.717, 1.165) is 6.07 Å². The van der Waals surface area contributed by atoms with E-state index in [4.69, 9.17) is 16.3 Å². The molecule has 0 saturated heterocycles. The first-order chi connectivity index (χ1) is 11.8. The highest BCUT2D eigenvalue weighted by molar-refractivity contribution is 7.89. The molecule has 0 heterocycles. The molecule has 0 bridgehead atoms. The van der Waals surface area contributed by atoms with E-state index in [0.29, 0.717) is 5.69 Å². The summed E-state index contributed by atoms with van der Waals surface area (Å²) in [6.45, 7) is -0.509. The monoisotopic (exact) mass is 382 g/mol. The number of benzene rings is 2. The molecule has 0 atom stereocenters. The van der Waals surface area contributed by atoms with Gasteiger partial charge in [0.1, 0.15) is 4.90 Å². The topological polar surface area (TPSA) is 102 Å². The lowest BCUT2D eigenvalue weighted by Crippen LogP contribution is -2.22. The Hall–Kier alpha value is -2.42. The number of hydrogen-bond donors (Lipinski definition) is 2. The molecule has 0 saturated carbocycles. The van der Waals surface area contributed by atoms with Crippen LogP contribution < -0.4 is 10.0 Å². The number of rotatable bonds is 6. The van der Waals surface area contributed by atoms with Gasteiger partial charge in [0.15, 0.2) is 6.61 Å². The molecular formula is C16H15ClN2O5S. The second kappa shape index (κ2) is 8.11. The highest BCUT2D eigenvalue weighted by Crippen LogP contribution is 2.22. The molecule has 0 aliphatic rings. The number of anilines is 1. The Balaban J connectivity index is 2.04. The Labute approximate surface area is 150 Å². The Morgan fingerprint density at radius 1 is 1.12 bits per heavy atom. The SMILES string of the molecule is CNS(=O)(=O)c1cc(C(=O)OCC(=O)Nc2ccccc2)ccc1Cl. The first-order valence-electron chi connectivity index (χ1n) is 7.08. The first-order valence-corrected chi connectivity index (χ1v) is 8.95. The maximum absolute atomic E-state index is 12.0. The number of hydrogen-bond acceptors (Lipinski definition) is 5. The maximum atomic E-state index is 12.0. The molecule has 0 aliphatic heterocycles. The van der Waals surface area contributed by atoms with E-state index in [1.807, 2.05) is 0 Å². The standard InChI is InChI=1S/C16H15ClN2O5S/c1-18-25(22,23)14-9-11(7-8-13(14)17)16(21)24-10-15(20)19-12-5-3-2-4-6-12/h2-9,18H,10H2,1H3,(H,19,20). The van der Waals surface area contributed by atoms with Crippen LogP contribution in [-0.2, 0) is 19.6 Å². The zero-order valence-corrected chi connectivity index (χ0v) is 14.7. The minimum atomic E-state index is -3.83. The van der Waals surface area contributed by atoms with E-state index in [9.17, 15) is 18.0 Å². The van der Waals surface area contributed by atoms with Crippen LogP contribution in [-0.4, -0.2) is 33.9 Å². The van der Waals surface area contributed by atoms with Gasteiger partial charge in [-0.05, 0) is 37.4 Å². The van der Waals surface area contributed by atoms with Gasteiger partial charge in [0, 0.05) is 5.69 Å². The molecule has 0 aliphatic carbocycles. The van der Waals surface area contributed by atoms with E-state index in [1.165, 1.54) is 19.2 Å². The molecular weight excluding hydrogens is 368 g/mol. The van der Waals surface area contributed by atoms with Crippen LogP contribution in [0.1, 0.15) is 10.4 Å². The van der Waals surface area contributed by atoms with E-state index >= 15 is 0 Å². The van der Waals surface area contributed by atoms with Crippen molar-refractivity contribution in [1.82, 2.24) is 4.72 Å². The van der Waals surface area contributed by atoms with Crippen molar-refractivity contribution >= 4 is 39.2 Å². The van der Waals surface area contributed by atoms with Crippen LogP contribution in [0.25, 0.3) is 0 Å². The first kappa shape index (κ1) is 18.9. The van der Waals surface area contributed by atoms with Gasteiger partial charge in [-0.15, -0.1) is 0 Å². The summed E-state index contributed by atoms with van der Waals surface area (Å²) in [5.74, 6) is -1.36. The maximum Gasteiger partial charge on any atom is 0.338 e. The van der Waals surface area contributed by atoms with Crippen molar-refractivity contribution in [2.45, 2.75) is 4.90 Å². The number of carbonyl (C=O) groups is 2. The van der Waals surface area contributed by atoms with Crippen molar-refractivity contribution in [1.29, 1.82) is 0 Å². The number of carbonyl (C=O) groups excluding carboxylic acids is 2. The number of sulfonamides is 1. The normalized spacial score (nSPS) is 11.0. The molecule has 0 radical (unpaired) electrons. The largest absolute Gasteiger partial charge is 0.452 e. The van der Waals surface area contributed by atoms with Gasteiger partial charge in [0.2, 0.25) is 10.0 Å². The molecule has 132 valence electrons. The van der Waals surface area contributed by atoms with Gasteiger partial charge in [-0.1, -0.05) is 29.8 Å². The molecule has 0 aromatic heterocycles. The summed E-state index contributed by atoms with van der Waals surface area (Å²) in [5.41, 5.74) is 0.531. The number of nitrogens with one attached hydrogen (secondary N) is 2. The fraction of sp³-hybridized carbons (Fsp3) is 0.125. The molecule has 0 unspecified atom stereocenters. The van der Waals surface area contributed by atoms with Crippen LogP contribution in [0, 0.1) is 0 Å². The Morgan fingerprint density at radius 2 is 1.80 bits per heavy atom. The van der Waals surface area contributed by atoms with E-state index in [1.54, 1.807) is 30.3 Å². The van der Waals surface area contributed by atoms with Gasteiger partial charge in [-0.3, -0.25) is 4.79 Å². The van der Waals surface area contributed by atoms with Crippen LogP contribution in [0.5, 0.6) is 0 Å². The minimum absolute atomic E-state index is 0.0345. The summed E-state index contributed by atoms with van der Waals surface area (Å²) in [7, 11) is -2.60. The zero-order chi connectivity index (χ0) is 18.4. The Bertz CT molecular complexity index is 885. The molecule has 2 aromatic rings. The molecule has 0 fully saturated rings. The summed E-state index contributed by atoms with van der Waals surface area (Å²) >= 11 is 5.85. The van der Waals surface area contributed by atoms with E-state index < -0.39 is 28.5 Å². The molecule has 2 aromatic carbocycles. The van der Waals surface area contributed by atoms with Gasteiger partial charge in [0.05, 0.1) is 10.6 Å². The average Bonchev–Trinajstić information content (AvgIpc) is 2.60. The number of esters is 1. The van der Waals surface area contributed by atoms with Crippen LogP contribution in [0.15, 0.2) is 53.4 Å². The smallest absolute Gasteiger partial charge is 0.338 e. The van der Waals surface area contributed by atoms with Gasteiger partial charge in [-0.25, -0.2) is 17.9 Å². The molecule has 2 rings (SSSR count). The number of amides is 1. The van der Waals surface area contributed by atoms with Crippen LogP contribution in [0.2, 0.25) is 5.02 Å². The zero-order valence-electron chi connectivity index (χ0n) is 13.2. The summed E-state index contributed by atoms with van der Waals surface area (Å²) in [5, 5.41) is 2.52. The van der Waals surface area contributed by atoms with Gasteiger partial charge < -0.3 is 10.1 Å². The third kappa shape index (κ3) is 5.02. The molecule has 9 heteroatoms. The summed E-state index contributed by atoms with van der Waals surface area (Å²) in [6.07, 6.45) is 0. The molecule has 25 heavy (non-hydrogen) atoms. The second-order valence-electron chi connectivity index (χ2n) is 4.84. The van der Waals surface area contributed by atoms with Crippen molar-refractivity contribution in [2.75, 3.05) is 19.0 Å². The van der Waals surface area contributed by atoms with Gasteiger partial charge in [0.25, 0.3) is 5.91 Å². The van der Waals surface area contributed by atoms with Crippen LogP contribution in [0.3, 0.4) is 0 Å². The van der Waals surface area contributed by atoms with Crippen molar-refractivity contribution < 1.29 is 22.7 Å². The van der Waals surface area contributed by atoms with Crippen LogP contribution in [0.4, 0.5) is 5.69 Å². The Kier molecular flexibility index (Phi) is 6.13. The fourth-order valence-electron chi connectivity index (χ4n) is 1.88. The molecule has 2 N–H and O–H groups in total. The predicted molar refractivity (Wildman–Crippen MR) is 93.1 cm³/mol.